The van der Waals surface area contributed by atoms with E-state index in [0.29, 0.717) is 11.8 Å². The van der Waals surface area contributed by atoms with E-state index in [9.17, 15) is 5.11 Å². The van der Waals surface area contributed by atoms with Gasteiger partial charge < -0.3 is 15.4 Å². The van der Waals surface area contributed by atoms with Gasteiger partial charge in [-0.3, -0.25) is 0 Å². The van der Waals surface area contributed by atoms with E-state index in [1.807, 2.05) is 12.1 Å². The van der Waals surface area contributed by atoms with E-state index in [2.05, 4.69) is 10.6 Å². The first-order valence-corrected chi connectivity index (χ1v) is 7.64. The van der Waals surface area contributed by atoms with Gasteiger partial charge in [-0.15, -0.1) is 0 Å². The largest absolute Gasteiger partial charge is 0.399 e. The lowest BCUT2D eigenvalue weighted by Gasteiger charge is -2.14. The summed E-state index contributed by atoms with van der Waals surface area (Å²) in [6.07, 6.45) is 5.41. The molecule has 0 radical (unpaired) electrons. The molecule has 1 heterocycles. The van der Waals surface area contributed by atoms with Crippen LogP contribution in [0.15, 0.2) is 18.2 Å². The maximum atomic E-state index is 9.73. The number of rotatable bonds is 3. The number of anilines is 1. The number of hydrogen-bond donors (Lipinski definition) is 2. The molecule has 1 aromatic carbocycles. The number of nitrogens with two attached hydrogens (primary N) is 1. The van der Waals surface area contributed by atoms with Crippen molar-refractivity contribution in [2.75, 3.05) is 5.73 Å². The number of nitrogens with zero attached hydrogens (tertiary/aromatic N) is 2. The predicted molar refractivity (Wildman–Crippen MR) is 79.5 cm³/mol. The molecular formula is C16H21N3O. The summed E-state index contributed by atoms with van der Waals surface area (Å²) in [5.41, 5.74) is 8.87. The van der Waals surface area contributed by atoms with Crippen LogP contribution in [0.3, 0.4) is 0 Å². The third-order valence-corrected chi connectivity index (χ3v) is 4.70. The number of aliphatic hydroxyl groups is 1. The van der Waals surface area contributed by atoms with E-state index in [-0.39, 0.29) is 6.10 Å². The first-order valence-electron chi connectivity index (χ1n) is 7.64. The van der Waals surface area contributed by atoms with Crippen LogP contribution in [0.1, 0.15) is 43.8 Å². The van der Waals surface area contributed by atoms with Gasteiger partial charge in [-0.2, -0.15) is 0 Å². The van der Waals surface area contributed by atoms with Crippen molar-refractivity contribution in [3.8, 4) is 0 Å². The number of nitrogen functional groups attached to an aromatic ring is 1. The van der Waals surface area contributed by atoms with Gasteiger partial charge in [0.15, 0.2) is 0 Å². The zero-order chi connectivity index (χ0) is 13.7. The third-order valence-electron chi connectivity index (χ3n) is 4.70. The molecule has 2 fully saturated rings. The van der Waals surface area contributed by atoms with Crippen LogP contribution in [0.5, 0.6) is 0 Å². The number of hydrogen-bond acceptors (Lipinski definition) is 3. The monoisotopic (exact) mass is 271 g/mol. The lowest BCUT2D eigenvalue weighted by atomic mass is 10.1. The summed E-state index contributed by atoms with van der Waals surface area (Å²) in [7, 11) is 0. The van der Waals surface area contributed by atoms with Crippen LogP contribution in [0.25, 0.3) is 11.0 Å². The third kappa shape index (κ3) is 2.08. The lowest BCUT2D eigenvalue weighted by Crippen LogP contribution is -2.11. The summed E-state index contributed by atoms with van der Waals surface area (Å²) in [5.74, 6) is 2.44. The molecule has 0 saturated heterocycles. The maximum absolute atomic E-state index is 9.73. The lowest BCUT2D eigenvalue weighted by molar-refractivity contribution is 0.176. The Morgan fingerprint density at radius 2 is 2.10 bits per heavy atom. The van der Waals surface area contributed by atoms with Gasteiger partial charge in [-0.1, -0.05) is 0 Å². The molecule has 3 N–H and O–H groups in total. The molecule has 0 amide bonds. The fraction of sp³-hybridized carbons (Fsp3) is 0.562. The highest BCUT2D eigenvalue weighted by Crippen LogP contribution is 2.41. The molecule has 2 aliphatic rings. The van der Waals surface area contributed by atoms with Gasteiger partial charge >= 0.3 is 0 Å². The fourth-order valence-corrected chi connectivity index (χ4v) is 3.48. The van der Waals surface area contributed by atoms with Crippen molar-refractivity contribution >= 4 is 16.7 Å². The van der Waals surface area contributed by atoms with Crippen molar-refractivity contribution in [2.45, 2.75) is 50.7 Å². The molecule has 4 nitrogen and oxygen atoms in total. The van der Waals surface area contributed by atoms with Crippen LogP contribution in [0, 0.1) is 5.92 Å². The Morgan fingerprint density at radius 3 is 2.80 bits per heavy atom. The number of aliphatic hydroxyl groups excluding tert-OH is 1. The van der Waals surface area contributed by atoms with Crippen LogP contribution >= 0.6 is 0 Å². The molecule has 2 atom stereocenters. The van der Waals surface area contributed by atoms with E-state index < -0.39 is 0 Å². The Bertz CT molecular complexity index is 644. The number of imidazole rings is 1. The van der Waals surface area contributed by atoms with Gasteiger partial charge in [0.2, 0.25) is 0 Å². The van der Waals surface area contributed by atoms with E-state index in [1.165, 1.54) is 24.2 Å². The van der Waals surface area contributed by atoms with Crippen molar-refractivity contribution < 1.29 is 5.11 Å². The van der Waals surface area contributed by atoms with Gasteiger partial charge in [0.05, 0.1) is 17.1 Å². The molecule has 106 valence electrons. The summed E-state index contributed by atoms with van der Waals surface area (Å²) in [4.78, 5) is 4.82. The number of aromatic nitrogens is 2. The van der Waals surface area contributed by atoms with Gasteiger partial charge in [0, 0.05) is 18.2 Å². The number of fused-ring (bicyclic) bond motifs is 1. The topological polar surface area (TPSA) is 64.1 Å². The highest BCUT2D eigenvalue weighted by Gasteiger charge is 2.31. The molecule has 2 aliphatic carbocycles. The Hall–Kier alpha value is -1.55. The van der Waals surface area contributed by atoms with Crippen molar-refractivity contribution in [1.29, 1.82) is 0 Å². The Labute approximate surface area is 118 Å². The zero-order valence-corrected chi connectivity index (χ0v) is 11.6. The summed E-state index contributed by atoms with van der Waals surface area (Å²) >= 11 is 0. The van der Waals surface area contributed by atoms with Gasteiger partial charge in [0.25, 0.3) is 0 Å². The average molecular weight is 271 g/mol. The van der Waals surface area contributed by atoms with E-state index >= 15 is 0 Å². The molecule has 2 aromatic rings. The normalized spacial score (nSPS) is 26.4. The Morgan fingerprint density at radius 1 is 1.25 bits per heavy atom. The molecule has 20 heavy (non-hydrogen) atoms. The second-order valence-corrected chi connectivity index (χ2v) is 6.44. The van der Waals surface area contributed by atoms with Crippen LogP contribution in [-0.4, -0.2) is 20.8 Å². The minimum Gasteiger partial charge on any atom is -0.399 e. The molecule has 2 unspecified atom stereocenters. The standard InChI is InChI=1S/C16H21N3O/c17-12-4-6-15-14(8-12)18-16(11-2-3-11)19(15)9-10-1-5-13(20)7-10/h4,6,8,10-11,13,20H,1-3,5,7,9,17H2. The zero-order valence-electron chi connectivity index (χ0n) is 11.6. The Balaban J connectivity index is 1.73. The molecule has 0 bridgehead atoms. The Kier molecular flexibility index (Phi) is 2.74. The molecule has 1 aromatic heterocycles. The molecule has 0 aliphatic heterocycles. The quantitative estimate of drug-likeness (QED) is 0.844. The summed E-state index contributed by atoms with van der Waals surface area (Å²) in [5, 5.41) is 9.73. The van der Waals surface area contributed by atoms with Crippen LogP contribution < -0.4 is 5.73 Å². The summed E-state index contributed by atoms with van der Waals surface area (Å²) in [6.45, 7) is 0.989. The number of benzene rings is 1. The second kappa shape index (κ2) is 4.48. The average Bonchev–Trinajstić information content (AvgIpc) is 3.10. The first kappa shape index (κ1) is 12.2. The molecule has 4 rings (SSSR count). The van der Waals surface area contributed by atoms with Gasteiger partial charge in [-0.25, -0.2) is 4.98 Å². The van der Waals surface area contributed by atoms with E-state index in [0.717, 1.165) is 37.0 Å². The van der Waals surface area contributed by atoms with Crippen molar-refractivity contribution in [3.05, 3.63) is 24.0 Å². The van der Waals surface area contributed by atoms with Gasteiger partial charge in [0.1, 0.15) is 5.82 Å². The summed E-state index contributed by atoms with van der Waals surface area (Å²) in [6, 6.07) is 6.02. The van der Waals surface area contributed by atoms with Crippen LogP contribution in [0.4, 0.5) is 5.69 Å². The first-order chi connectivity index (χ1) is 9.70. The highest BCUT2D eigenvalue weighted by atomic mass is 16.3. The highest BCUT2D eigenvalue weighted by molar-refractivity contribution is 5.79. The van der Waals surface area contributed by atoms with Gasteiger partial charge in [-0.05, 0) is 56.2 Å². The molecule has 0 spiro atoms. The minimum absolute atomic E-state index is 0.102. The maximum Gasteiger partial charge on any atom is 0.113 e. The smallest absolute Gasteiger partial charge is 0.113 e. The molecule has 2 saturated carbocycles. The van der Waals surface area contributed by atoms with Crippen molar-refractivity contribution in [1.82, 2.24) is 9.55 Å². The predicted octanol–water partition coefficient (Wildman–Crippen LogP) is 2.66. The molecule has 4 heteroatoms. The fourth-order valence-electron chi connectivity index (χ4n) is 3.48. The van der Waals surface area contributed by atoms with Crippen molar-refractivity contribution in [3.63, 3.8) is 0 Å². The minimum atomic E-state index is -0.102. The summed E-state index contributed by atoms with van der Waals surface area (Å²) < 4.78 is 2.38. The SMILES string of the molecule is Nc1ccc2c(c1)nc(C1CC1)n2CC1CCC(O)C1. The van der Waals surface area contributed by atoms with E-state index in [1.54, 1.807) is 0 Å². The van der Waals surface area contributed by atoms with E-state index in [4.69, 9.17) is 10.7 Å². The van der Waals surface area contributed by atoms with Crippen LogP contribution in [0.2, 0.25) is 0 Å². The van der Waals surface area contributed by atoms with Crippen LogP contribution in [-0.2, 0) is 6.54 Å². The molecular weight excluding hydrogens is 250 g/mol. The van der Waals surface area contributed by atoms with Crippen molar-refractivity contribution in [2.24, 2.45) is 5.92 Å². The second-order valence-electron chi connectivity index (χ2n) is 6.44.